The molecule has 2 fully saturated rings. The van der Waals surface area contributed by atoms with E-state index in [2.05, 4.69) is 43.5 Å². The second kappa shape index (κ2) is 42.6. The summed E-state index contributed by atoms with van der Waals surface area (Å²) in [6.45, 7) is 2.78. The number of hydrogen-bond donors (Lipinski definition) is 9. The number of allylic oxidation sites excluding steroid dienone is 5. The summed E-state index contributed by atoms with van der Waals surface area (Å²) >= 11 is 0. The summed E-state index contributed by atoms with van der Waals surface area (Å²) in [4.78, 5) is 13.2. The smallest absolute Gasteiger partial charge is 0.220 e. The van der Waals surface area contributed by atoms with Crippen LogP contribution >= 0.6 is 0 Å². The maximum atomic E-state index is 13.2. The normalized spacial score (nSPS) is 26.2. The van der Waals surface area contributed by atoms with Crippen molar-refractivity contribution in [3.63, 3.8) is 0 Å². The van der Waals surface area contributed by atoms with Gasteiger partial charge >= 0.3 is 0 Å². The Kier molecular flexibility index (Phi) is 39.1. The third-order valence-electron chi connectivity index (χ3n) is 13.8. The highest BCUT2D eigenvalue weighted by atomic mass is 16.7. The van der Waals surface area contributed by atoms with Crippen LogP contribution in [-0.4, -0.2) is 140 Å². The lowest BCUT2D eigenvalue weighted by atomic mass is 9.97. The number of carbonyl (C=O) groups excluding carboxylic acids is 1. The first-order chi connectivity index (χ1) is 34.1. The largest absolute Gasteiger partial charge is 0.394 e. The molecule has 0 spiro atoms. The second-order valence-electron chi connectivity index (χ2n) is 20.1. The lowest BCUT2D eigenvalue weighted by Crippen LogP contribution is -2.65. The van der Waals surface area contributed by atoms with E-state index in [1.54, 1.807) is 6.08 Å². The van der Waals surface area contributed by atoms with Crippen molar-refractivity contribution in [3.8, 4) is 0 Å². The minimum atomic E-state index is -1.79. The Balaban J connectivity index is 1.81. The quantitative estimate of drug-likeness (QED) is 0.0206. The average Bonchev–Trinajstić information content (AvgIpc) is 3.36. The van der Waals surface area contributed by atoms with Gasteiger partial charge in [0.15, 0.2) is 12.6 Å². The van der Waals surface area contributed by atoms with Gasteiger partial charge in [-0.2, -0.15) is 0 Å². The molecule has 0 aromatic heterocycles. The number of hydrogen-bond acceptors (Lipinski definition) is 13. The van der Waals surface area contributed by atoms with Gasteiger partial charge in [-0.05, 0) is 51.4 Å². The number of ether oxygens (including phenoxy) is 4. The predicted octanol–water partition coefficient (Wildman–Crippen LogP) is 8.66. The first kappa shape index (κ1) is 64.3. The van der Waals surface area contributed by atoms with E-state index in [1.165, 1.54) is 135 Å². The van der Waals surface area contributed by atoms with Crippen molar-refractivity contribution < 1.29 is 64.6 Å². The molecule has 0 radical (unpaired) electrons. The first-order valence-corrected chi connectivity index (χ1v) is 28.2. The van der Waals surface area contributed by atoms with Crippen LogP contribution in [-0.2, 0) is 23.7 Å². The van der Waals surface area contributed by atoms with Crippen LogP contribution < -0.4 is 5.32 Å². The Morgan fingerprint density at radius 2 is 0.943 bits per heavy atom. The number of rotatable bonds is 44. The molecule has 2 aliphatic heterocycles. The van der Waals surface area contributed by atoms with E-state index < -0.39 is 86.8 Å². The Hall–Kier alpha value is -1.79. The van der Waals surface area contributed by atoms with Crippen LogP contribution in [0.2, 0.25) is 0 Å². The minimum absolute atomic E-state index is 0.247. The molecule has 2 heterocycles. The van der Waals surface area contributed by atoms with Gasteiger partial charge in [0.2, 0.25) is 5.91 Å². The van der Waals surface area contributed by atoms with Gasteiger partial charge in [0.25, 0.3) is 0 Å². The zero-order valence-corrected chi connectivity index (χ0v) is 43.8. The van der Waals surface area contributed by atoms with E-state index in [9.17, 15) is 45.6 Å². The van der Waals surface area contributed by atoms with Crippen molar-refractivity contribution >= 4 is 5.91 Å². The molecule has 9 N–H and O–H groups in total. The Bertz CT molecular complexity index is 1320. The Labute approximate surface area is 423 Å². The molecule has 14 nitrogen and oxygen atoms in total. The van der Waals surface area contributed by atoms with Crippen LogP contribution in [0.3, 0.4) is 0 Å². The molecular formula is C56H103NO13. The number of aliphatic hydroxyl groups excluding tert-OH is 8. The van der Waals surface area contributed by atoms with Crippen LogP contribution in [0, 0.1) is 0 Å². The third-order valence-corrected chi connectivity index (χ3v) is 13.8. The molecular weight excluding hydrogens is 895 g/mol. The van der Waals surface area contributed by atoms with Crippen molar-refractivity contribution in [2.45, 2.75) is 293 Å². The molecule has 0 aliphatic carbocycles. The van der Waals surface area contributed by atoms with Gasteiger partial charge < -0.3 is 65.1 Å². The van der Waals surface area contributed by atoms with E-state index >= 15 is 0 Å². The van der Waals surface area contributed by atoms with Crippen molar-refractivity contribution in [2.75, 3.05) is 19.8 Å². The average molecular weight is 998 g/mol. The summed E-state index contributed by atoms with van der Waals surface area (Å²) in [5.41, 5.74) is 0. The lowest BCUT2D eigenvalue weighted by molar-refractivity contribution is -0.359. The molecule has 0 aromatic carbocycles. The van der Waals surface area contributed by atoms with Gasteiger partial charge in [0.05, 0.1) is 32.0 Å². The molecule has 0 aromatic rings. The summed E-state index contributed by atoms with van der Waals surface area (Å²) in [6.07, 6.45) is 33.1. The molecule has 2 rings (SSSR count). The SMILES string of the molecule is CCCCCC/C=C\C/C=C\CCCCCCCCCC(=O)NC(COC1OC(CO)C(OC2OC(CO)C(O)C(O)C2O)C(O)C1O)C(O)/C=C/CCCCCCCCCCCCCCCCCC. The predicted molar refractivity (Wildman–Crippen MR) is 277 cm³/mol. The Morgan fingerprint density at radius 3 is 1.44 bits per heavy atom. The zero-order valence-electron chi connectivity index (χ0n) is 43.8. The van der Waals surface area contributed by atoms with Gasteiger partial charge in [-0.1, -0.05) is 198 Å². The third kappa shape index (κ3) is 28.6. The van der Waals surface area contributed by atoms with Gasteiger partial charge in [0.1, 0.15) is 48.8 Å². The summed E-state index contributed by atoms with van der Waals surface area (Å²) < 4.78 is 22.7. The fourth-order valence-electron chi connectivity index (χ4n) is 9.20. The maximum Gasteiger partial charge on any atom is 0.220 e. The van der Waals surface area contributed by atoms with Crippen LogP contribution in [0.1, 0.15) is 219 Å². The molecule has 1 amide bonds. The molecule has 14 heteroatoms. The van der Waals surface area contributed by atoms with E-state index in [0.717, 1.165) is 57.8 Å². The molecule has 0 bridgehead atoms. The highest BCUT2D eigenvalue weighted by molar-refractivity contribution is 5.76. The molecule has 2 saturated heterocycles. The number of unbranched alkanes of at least 4 members (excludes halogenated alkanes) is 27. The van der Waals surface area contributed by atoms with Crippen molar-refractivity contribution in [2.24, 2.45) is 0 Å². The fraction of sp³-hybridized carbons (Fsp3) is 0.875. The standard InChI is InChI=1S/C56H103NO13/c1-3-5-7-9-11-13-15-17-19-21-23-25-27-29-31-33-35-37-39-45(60)44(57-48(61)40-38-36-34-32-30-28-26-24-22-20-18-16-14-12-10-8-6-4-2)43-67-55-53(66)51(64)54(47(42-59)69-55)70-56-52(65)50(63)49(62)46(41-58)68-56/h14,16,20,22,37,39,44-47,49-56,58-60,62-66H,3-13,15,17-19,21,23-36,38,40-43H2,1-2H3,(H,57,61)/b16-14-,22-20-,39-37+. The van der Waals surface area contributed by atoms with Gasteiger partial charge in [-0.25, -0.2) is 0 Å². The van der Waals surface area contributed by atoms with E-state index in [-0.39, 0.29) is 18.9 Å². The molecule has 0 saturated carbocycles. The minimum Gasteiger partial charge on any atom is -0.394 e. The zero-order chi connectivity index (χ0) is 51.0. The van der Waals surface area contributed by atoms with E-state index in [1.807, 2.05) is 6.08 Å². The molecule has 70 heavy (non-hydrogen) atoms. The van der Waals surface area contributed by atoms with Gasteiger partial charge in [-0.3, -0.25) is 4.79 Å². The van der Waals surface area contributed by atoms with Crippen molar-refractivity contribution in [3.05, 3.63) is 36.5 Å². The van der Waals surface area contributed by atoms with E-state index in [4.69, 9.17) is 18.9 Å². The monoisotopic (exact) mass is 998 g/mol. The Morgan fingerprint density at radius 1 is 0.514 bits per heavy atom. The number of aliphatic hydroxyl groups is 8. The fourth-order valence-corrected chi connectivity index (χ4v) is 9.20. The summed E-state index contributed by atoms with van der Waals surface area (Å²) in [5.74, 6) is -0.247. The lowest BCUT2D eigenvalue weighted by Gasteiger charge is -2.46. The topological polar surface area (TPSA) is 228 Å². The first-order valence-electron chi connectivity index (χ1n) is 28.2. The van der Waals surface area contributed by atoms with Crippen LogP contribution in [0.4, 0.5) is 0 Å². The molecule has 2 aliphatic rings. The molecule has 12 unspecified atom stereocenters. The highest BCUT2D eigenvalue weighted by Crippen LogP contribution is 2.30. The number of carbonyl (C=O) groups is 1. The summed E-state index contributed by atoms with van der Waals surface area (Å²) in [7, 11) is 0. The summed E-state index contributed by atoms with van der Waals surface area (Å²) in [6, 6.07) is -0.918. The molecule has 410 valence electrons. The van der Waals surface area contributed by atoms with Crippen molar-refractivity contribution in [1.82, 2.24) is 5.32 Å². The number of amides is 1. The maximum absolute atomic E-state index is 13.2. The highest BCUT2D eigenvalue weighted by Gasteiger charge is 2.51. The second-order valence-corrected chi connectivity index (χ2v) is 20.1. The van der Waals surface area contributed by atoms with Crippen LogP contribution in [0.25, 0.3) is 0 Å². The molecule has 12 atom stereocenters. The van der Waals surface area contributed by atoms with Gasteiger partial charge in [-0.15, -0.1) is 0 Å². The van der Waals surface area contributed by atoms with Crippen LogP contribution in [0.15, 0.2) is 36.5 Å². The number of nitrogens with one attached hydrogen (secondary N) is 1. The van der Waals surface area contributed by atoms with Crippen molar-refractivity contribution in [1.29, 1.82) is 0 Å². The summed E-state index contributed by atoms with van der Waals surface area (Å²) in [5, 5.41) is 87.0. The van der Waals surface area contributed by atoms with Gasteiger partial charge in [0, 0.05) is 6.42 Å². The van der Waals surface area contributed by atoms with Crippen LogP contribution in [0.5, 0.6) is 0 Å². The van der Waals surface area contributed by atoms with E-state index in [0.29, 0.717) is 6.42 Å².